The van der Waals surface area contributed by atoms with E-state index in [4.69, 9.17) is 4.74 Å². The molecule has 3 nitrogen and oxygen atoms in total. The van der Waals surface area contributed by atoms with E-state index < -0.39 is 5.82 Å². The van der Waals surface area contributed by atoms with Gasteiger partial charge in [-0.1, -0.05) is 0 Å². The average molecular weight is 318 g/mol. The molecule has 0 aromatic heterocycles. The summed E-state index contributed by atoms with van der Waals surface area (Å²) in [6.45, 7) is 5.03. The predicted octanol–water partition coefficient (Wildman–Crippen LogP) is 3.13. The fraction of sp³-hybridized carbons (Fsp3) is 0.462. The third-order valence-corrected chi connectivity index (χ3v) is 2.92. The summed E-state index contributed by atoms with van der Waals surface area (Å²) in [6.07, 6.45) is 0.926. The first kappa shape index (κ1) is 15.1. The molecule has 1 N–H and O–H groups in total. The van der Waals surface area contributed by atoms with Gasteiger partial charge in [0.25, 0.3) is 5.91 Å². The minimum absolute atomic E-state index is 0.193. The van der Waals surface area contributed by atoms with E-state index in [2.05, 4.69) is 21.2 Å². The molecule has 0 spiro atoms. The van der Waals surface area contributed by atoms with Crippen LogP contribution in [0.2, 0.25) is 0 Å². The molecule has 0 aliphatic carbocycles. The van der Waals surface area contributed by atoms with Crippen LogP contribution in [0.15, 0.2) is 22.7 Å². The number of nitrogens with one attached hydrogen (secondary N) is 1. The molecule has 100 valence electrons. The van der Waals surface area contributed by atoms with Crippen molar-refractivity contribution in [3.05, 3.63) is 34.1 Å². The first-order chi connectivity index (χ1) is 8.50. The van der Waals surface area contributed by atoms with Gasteiger partial charge in [-0.15, -0.1) is 0 Å². The number of carbonyl (C=O) groups is 1. The predicted molar refractivity (Wildman–Crippen MR) is 72.1 cm³/mol. The molecule has 0 atom stereocenters. The molecule has 0 aliphatic heterocycles. The zero-order chi connectivity index (χ0) is 13.5. The molecule has 0 heterocycles. The lowest BCUT2D eigenvalue weighted by Crippen LogP contribution is -2.26. The lowest BCUT2D eigenvalue weighted by molar-refractivity contribution is 0.0757. The molecule has 1 amide bonds. The number of hydrogen-bond donors (Lipinski definition) is 1. The SMILES string of the molecule is CC(C)OCCCNC(=O)c1cc(F)ccc1Br. The Morgan fingerprint density at radius 2 is 2.22 bits per heavy atom. The average Bonchev–Trinajstić information content (AvgIpc) is 2.31. The molecule has 0 saturated heterocycles. The zero-order valence-corrected chi connectivity index (χ0v) is 12.1. The number of halogens is 2. The molecule has 5 heteroatoms. The minimum atomic E-state index is -0.425. The fourth-order valence-electron chi connectivity index (χ4n) is 1.36. The second-order valence-electron chi connectivity index (χ2n) is 4.15. The maximum absolute atomic E-state index is 13.0. The van der Waals surface area contributed by atoms with Gasteiger partial charge in [0.2, 0.25) is 0 Å². The summed E-state index contributed by atoms with van der Waals surface area (Å²) < 4.78 is 19.0. The molecule has 0 unspecified atom stereocenters. The highest BCUT2D eigenvalue weighted by molar-refractivity contribution is 9.10. The van der Waals surface area contributed by atoms with Crippen molar-refractivity contribution in [1.29, 1.82) is 0 Å². The molecule has 1 rings (SSSR count). The van der Waals surface area contributed by atoms with Crippen LogP contribution >= 0.6 is 15.9 Å². The Bertz CT molecular complexity index is 410. The van der Waals surface area contributed by atoms with Crippen molar-refractivity contribution in [2.75, 3.05) is 13.2 Å². The molecular weight excluding hydrogens is 301 g/mol. The van der Waals surface area contributed by atoms with Crippen LogP contribution in [0.1, 0.15) is 30.6 Å². The largest absolute Gasteiger partial charge is 0.379 e. The maximum Gasteiger partial charge on any atom is 0.252 e. The normalized spacial score (nSPS) is 10.7. The van der Waals surface area contributed by atoms with Crippen molar-refractivity contribution in [2.24, 2.45) is 0 Å². The van der Waals surface area contributed by atoms with E-state index in [1.54, 1.807) is 0 Å². The first-order valence-corrected chi connectivity index (χ1v) is 6.65. The second-order valence-corrected chi connectivity index (χ2v) is 5.01. The summed E-state index contributed by atoms with van der Waals surface area (Å²) >= 11 is 3.22. The van der Waals surface area contributed by atoms with Crippen LogP contribution in [0.3, 0.4) is 0 Å². The Morgan fingerprint density at radius 1 is 1.50 bits per heavy atom. The van der Waals surface area contributed by atoms with Gasteiger partial charge in [-0.3, -0.25) is 4.79 Å². The standard InChI is InChI=1S/C13H17BrFNO2/c1-9(2)18-7-3-6-16-13(17)11-8-10(15)4-5-12(11)14/h4-5,8-9H,3,6-7H2,1-2H3,(H,16,17). The second kappa shape index (κ2) is 7.48. The minimum Gasteiger partial charge on any atom is -0.379 e. The Morgan fingerprint density at radius 3 is 2.89 bits per heavy atom. The summed E-state index contributed by atoms with van der Waals surface area (Å²) in [6, 6.07) is 4.04. The third-order valence-electron chi connectivity index (χ3n) is 2.23. The van der Waals surface area contributed by atoms with Crippen LogP contribution in [0, 0.1) is 5.82 Å². The summed E-state index contributed by atoms with van der Waals surface area (Å²) in [5.41, 5.74) is 0.305. The lowest BCUT2D eigenvalue weighted by Gasteiger charge is -2.09. The van der Waals surface area contributed by atoms with Crippen LogP contribution in [-0.4, -0.2) is 25.2 Å². The Balaban J connectivity index is 2.39. The highest BCUT2D eigenvalue weighted by Gasteiger charge is 2.10. The summed E-state index contributed by atoms with van der Waals surface area (Å²) in [7, 11) is 0. The van der Waals surface area contributed by atoms with Crippen LogP contribution < -0.4 is 5.32 Å². The molecular formula is C13H17BrFNO2. The van der Waals surface area contributed by atoms with Crippen molar-refractivity contribution < 1.29 is 13.9 Å². The summed E-state index contributed by atoms with van der Waals surface area (Å²) in [4.78, 5) is 11.8. The van der Waals surface area contributed by atoms with Crippen molar-refractivity contribution >= 4 is 21.8 Å². The highest BCUT2D eigenvalue weighted by atomic mass is 79.9. The van der Waals surface area contributed by atoms with Gasteiger partial charge in [0, 0.05) is 17.6 Å². The van der Waals surface area contributed by atoms with Crippen LogP contribution in [0.25, 0.3) is 0 Å². The monoisotopic (exact) mass is 317 g/mol. The van der Waals surface area contributed by atoms with Gasteiger partial charge in [-0.2, -0.15) is 0 Å². The number of rotatable bonds is 6. The molecule has 1 aromatic carbocycles. The van der Waals surface area contributed by atoms with Gasteiger partial charge in [0.05, 0.1) is 11.7 Å². The Kier molecular flexibility index (Phi) is 6.29. The lowest BCUT2D eigenvalue weighted by atomic mass is 10.2. The molecule has 1 aromatic rings. The molecule has 0 radical (unpaired) electrons. The van der Waals surface area contributed by atoms with Gasteiger partial charge < -0.3 is 10.1 Å². The van der Waals surface area contributed by atoms with E-state index >= 15 is 0 Å². The topological polar surface area (TPSA) is 38.3 Å². The maximum atomic E-state index is 13.0. The molecule has 0 saturated carbocycles. The summed E-state index contributed by atoms with van der Waals surface area (Å²) in [5.74, 6) is -0.711. The van der Waals surface area contributed by atoms with Crippen molar-refractivity contribution in [1.82, 2.24) is 5.32 Å². The van der Waals surface area contributed by atoms with Crippen LogP contribution in [0.5, 0.6) is 0 Å². The van der Waals surface area contributed by atoms with E-state index in [9.17, 15) is 9.18 Å². The number of carbonyl (C=O) groups excluding carboxylic acids is 1. The molecule has 0 bridgehead atoms. The quantitative estimate of drug-likeness (QED) is 0.819. The summed E-state index contributed by atoms with van der Waals surface area (Å²) in [5, 5.41) is 2.73. The number of ether oxygens (including phenoxy) is 1. The van der Waals surface area contributed by atoms with Crippen molar-refractivity contribution in [3.8, 4) is 0 Å². The van der Waals surface area contributed by atoms with E-state index in [0.29, 0.717) is 23.2 Å². The molecule has 18 heavy (non-hydrogen) atoms. The number of benzene rings is 1. The van der Waals surface area contributed by atoms with Crippen molar-refractivity contribution in [3.63, 3.8) is 0 Å². The Hall–Kier alpha value is -0.940. The number of amides is 1. The van der Waals surface area contributed by atoms with Gasteiger partial charge in [0.15, 0.2) is 0 Å². The molecule has 0 fully saturated rings. The number of hydrogen-bond acceptors (Lipinski definition) is 2. The van der Waals surface area contributed by atoms with Crippen LogP contribution in [0.4, 0.5) is 4.39 Å². The van der Waals surface area contributed by atoms with E-state index in [1.807, 2.05) is 13.8 Å². The smallest absolute Gasteiger partial charge is 0.252 e. The van der Waals surface area contributed by atoms with E-state index in [1.165, 1.54) is 18.2 Å². The zero-order valence-electron chi connectivity index (χ0n) is 10.5. The van der Waals surface area contributed by atoms with Gasteiger partial charge in [-0.05, 0) is 54.4 Å². The van der Waals surface area contributed by atoms with Gasteiger partial charge in [-0.25, -0.2) is 4.39 Å². The van der Waals surface area contributed by atoms with E-state index in [-0.39, 0.29) is 12.0 Å². The van der Waals surface area contributed by atoms with Crippen LogP contribution in [-0.2, 0) is 4.74 Å². The highest BCUT2D eigenvalue weighted by Crippen LogP contribution is 2.17. The third kappa shape index (κ3) is 5.14. The fourth-order valence-corrected chi connectivity index (χ4v) is 1.79. The van der Waals surface area contributed by atoms with Gasteiger partial charge >= 0.3 is 0 Å². The van der Waals surface area contributed by atoms with E-state index in [0.717, 1.165) is 6.42 Å². The van der Waals surface area contributed by atoms with Crippen molar-refractivity contribution in [2.45, 2.75) is 26.4 Å². The first-order valence-electron chi connectivity index (χ1n) is 5.85. The van der Waals surface area contributed by atoms with Gasteiger partial charge in [0.1, 0.15) is 5.82 Å². The Labute approximate surface area is 115 Å². The molecule has 0 aliphatic rings.